The molecule has 5 rings (SSSR count). The minimum absolute atomic E-state index is 0.0472. The fraction of sp³-hybridized carbons (Fsp3) is 0.0741. The van der Waals surface area contributed by atoms with Gasteiger partial charge in [-0.25, -0.2) is 13.2 Å². The number of sulfonamides is 1. The zero-order valence-electron chi connectivity index (χ0n) is 18.6. The summed E-state index contributed by atoms with van der Waals surface area (Å²) in [4.78, 5) is 13.0. The molecule has 0 saturated carbocycles. The highest BCUT2D eigenvalue weighted by Gasteiger charge is 2.26. The van der Waals surface area contributed by atoms with Gasteiger partial charge in [0.05, 0.1) is 21.2 Å². The molecule has 0 unspecified atom stereocenters. The van der Waals surface area contributed by atoms with Crippen molar-refractivity contribution < 1.29 is 22.4 Å². The van der Waals surface area contributed by atoms with Crippen LogP contribution in [0.4, 0.5) is 5.69 Å². The lowest BCUT2D eigenvalue weighted by molar-refractivity contribution is 0.0735. The summed E-state index contributed by atoms with van der Waals surface area (Å²) in [5.74, 6) is -0.472. The maximum Gasteiger partial charge on any atom is 0.345 e. The van der Waals surface area contributed by atoms with Gasteiger partial charge in [-0.05, 0) is 61.5 Å². The lowest BCUT2D eigenvalue weighted by atomic mass is 10.1. The molecule has 0 radical (unpaired) electrons. The molecule has 0 N–H and O–H groups in total. The molecular weight excluding hydrogens is 486 g/mol. The van der Waals surface area contributed by atoms with Gasteiger partial charge in [0.15, 0.2) is 0 Å². The number of nitrogens with zero attached hydrogens (tertiary/aromatic N) is 1. The summed E-state index contributed by atoms with van der Waals surface area (Å²) in [6, 6.07) is 25.4. The van der Waals surface area contributed by atoms with Crippen molar-refractivity contribution in [2.45, 2.75) is 11.8 Å². The van der Waals surface area contributed by atoms with Crippen LogP contribution in [-0.4, -0.2) is 20.9 Å². The largest absolute Gasteiger partial charge is 0.456 e. The number of furan rings is 1. The third-order valence-electron chi connectivity index (χ3n) is 5.64. The zero-order valence-corrected chi connectivity index (χ0v) is 20.2. The second kappa shape index (κ2) is 9.09. The van der Waals surface area contributed by atoms with E-state index >= 15 is 0 Å². The van der Waals surface area contributed by atoms with Crippen molar-refractivity contribution in [3.05, 3.63) is 102 Å². The van der Waals surface area contributed by atoms with E-state index in [0.717, 1.165) is 16.4 Å². The summed E-state index contributed by atoms with van der Waals surface area (Å²) in [7, 11) is -3.94. The van der Waals surface area contributed by atoms with E-state index in [9.17, 15) is 13.2 Å². The molecule has 35 heavy (non-hydrogen) atoms. The summed E-state index contributed by atoms with van der Waals surface area (Å²) < 4.78 is 39.4. The number of esters is 1. The summed E-state index contributed by atoms with van der Waals surface area (Å²) in [6.45, 7) is 1.96. The lowest BCUT2D eigenvalue weighted by Gasteiger charge is -2.23. The maximum absolute atomic E-state index is 13.4. The van der Waals surface area contributed by atoms with Crippen molar-refractivity contribution in [1.82, 2.24) is 0 Å². The summed E-state index contributed by atoms with van der Waals surface area (Å²) >= 11 is 6.27. The van der Waals surface area contributed by atoms with Crippen molar-refractivity contribution in [3.8, 4) is 5.75 Å². The van der Waals surface area contributed by atoms with Gasteiger partial charge in [0.1, 0.15) is 16.9 Å². The first-order valence-electron chi connectivity index (χ1n) is 10.9. The number of carbonyl (C=O) groups is 1. The van der Waals surface area contributed by atoms with Gasteiger partial charge >= 0.3 is 5.97 Å². The Kier molecular flexibility index (Phi) is 5.96. The smallest absolute Gasteiger partial charge is 0.345 e. The van der Waals surface area contributed by atoms with E-state index in [1.54, 1.807) is 49.4 Å². The summed E-state index contributed by atoms with van der Waals surface area (Å²) in [5.41, 5.74) is 1.87. The number of carbonyl (C=O) groups excluding carboxylic acids is 1. The van der Waals surface area contributed by atoms with Gasteiger partial charge in [0.2, 0.25) is 0 Å². The number of hydrogen-bond donors (Lipinski definition) is 0. The normalized spacial score (nSPS) is 11.6. The molecule has 4 aromatic carbocycles. The molecule has 0 aliphatic heterocycles. The number of ether oxygens (including phenoxy) is 1. The number of benzene rings is 4. The van der Waals surface area contributed by atoms with Gasteiger partial charge < -0.3 is 9.15 Å². The van der Waals surface area contributed by atoms with Crippen LogP contribution < -0.4 is 9.04 Å². The molecule has 0 aliphatic rings. The minimum Gasteiger partial charge on any atom is -0.456 e. The highest BCUT2D eigenvalue weighted by Crippen LogP contribution is 2.32. The summed E-state index contributed by atoms with van der Waals surface area (Å²) in [6.07, 6.45) is 0. The quantitative estimate of drug-likeness (QED) is 0.190. The first kappa shape index (κ1) is 23.0. The van der Waals surface area contributed by atoms with Crippen LogP contribution in [0.5, 0.6) is 5.75 Å². The van der Waals surface area contributed by atoms with E-state index in [1.165, 1.54) is 22.5 Å². The number of rotatable bonds is 6. The Morgan fingerprint density at radius 3 is 2.37 bits per heavy atom. The molecule has 6 nitrogen and oxygen atoms in total. The third kappa shape index (κ3) is 4.24. The Balaban J connectivity index is 1.47. The van der Waals surface area contributed by atoms with E-state index in [2.05, 4.69) is 0 Å². The van der Waals surface area contributed by atoms with Gasteiger partial charge in [-0.3, -0.25) is 4.31 Å². The van der Waals surface area contributed by atoms with E-state index in [1.807, 2.05) is 30.3 Å². The standard InChI is InChI=1S/C27H20ClNO5S/c1-2-29(18-8-4-3-5-9-18)35(31,32)20-13-14-24(28)23(17-20)27(30)33-19-12-15-26-22(16-19)21-10-6-7-11-25(21)34-26/h3-17H,2H2,1H3. The van der Waals surface area contributed by atoms with E-state index in [4.69, 9.17) is 20.8 Å². The Hall–Kier alpha value is -3.81. The molecule has 0 fully saturated rings. The van der Waals surface area contributed by atoms with E-state index in [0.29, 0.717) is 11.3 Å². The first-order valence-corrected chi connectivity index (χ1v) is 12.7. The molecule has 1 heterocycles. The number of hydrogen-bond acceptors (Lipinski definition) is 5. The van der Waals surface area contributed by atoms with Crippen molar-refractivity contribution in [1.29, 1.82) is 0 Å². The van der Waals surface area contributed by atoms with Crippen LogP contribution in [-0.2, 0) is 10.0 Å². The fourth-order valence-electron chi connectivity index (χ4n) is 3.96. The summed E-state index contributed by atoms with van der Waals surface area (Å²) in [5, 5.41) is 1.79. The average Bonchev–Trinajstić information content (AvgIpc) is 3.23. The molecule has 0 atom stereocenters. The van der Waals surface area contributed by atoms with E-state index < -0.39 is 16.0 Å². The van der Waals surface area contributed by atoms with Crippen LogP contribution in [0, 0.1) is 0 Å². The van der Waals surface area contributed by atoms with Crippen LogP contribution in [0.2, 0.25) is 5.02 Å². The highest BCUT2D eigenvalue weighted by atomic mass is 35.5. The molecule has 0 aliphatic carbocycles. The molecule has 1 aromatic heterocycles. The molecule has 5 aromatic rings. The van der Waals surface area contributed by atoms with Gasteiger partial charge in [-0.15, -0.1) is 0 Å². The molecule has 8 heteroatoms. The number of halogens is 1. The predicted molar refractivity (Wildman–Crippen MR) is 137 cm³/mol. The van der Waals surface area contributed by atoms with Crippen molar-refractivity contribution >= 4 is 55.2 Å². The molecule has 176 valence electrons. The molecule has 0 bridgehead atoms. The lowest BCUT2D eigenvalue weighted by Crippen LogP contribution is -2.31. The van der Waals surface area contributed by atoms with Gasteiger partial charge in [0, 0.05) is 17.3 Å². The van der Waals surface area contributed by atoms with Gasteiger partial charge in [-0.1, -0.05) is 48.0 Å². The van der Waals surface area contributed by atoms with E-state index in [-0.39, 0.29) is 27.8 Å². The number of fused-ring (bicyclic) bond motifs is 3. The third-order valence-corrected chi connectivity index (χ3v) is 7.86. The highest BCUT2D eigenvalue weighted by molar-refractivity contribution is 7.92. The Morgan fingerprint density at radius 2 is 1.60 bits per heavy atom. The second-order valence-electron chi connectivity index (χ2n) is 7.79. The average molecular weight is 506 g/mol. The molecule has 0 spiro atoms. The van der Waals surface area contributed by atoms with Crippen LogP contribution in [0.1, 0.15) is 17.3 Å². The van der Waals surface area contributed by atoms with Crippen LogP contribution >= 0.6 is 11.6 Å². The van der Waals surface area contributed by atoms with Gasteiger partial charge in [-0.2, -0.15) is 0 Å². The number of anilines is 1. The first-order chi connectivity index (χ1) is 16.9. The van der Waals surface area contributed by atoms with Crippen molar-refractivity contribution in [2.24, 2.45) is 0 Å². The monoisotopic (exact) mass is 505 g/mol. The Bertz CT molecular complexity index is 1660. The zero-order chi connectivity index (χ0) is 24.6. The van der Waals surface area contributed by atoms with Gasteiger partial charge in [0.25, 0.3) is 10.0 Å². The molecule has 0 amide bonds. The Morgan fingerprint density at radius 1 is 0.886 bits per heavy atom. The van der Waals surface area contributed by atoms with Crippen molar-refractivity contribution in [3.63, 3.8) is 0 Å². The topological polar surface area (TPSA) is 76.8 Å². The SMILES string of the molecule is CCN(c1ccccc1)S(=O)(=O)c1ccc(Cl)c(C(=O)Oc2ccc3oc4ccccc4c3c2)c1. The fourth-order valence-corrected chi connectivity index (χ4v) is 5.66. The van der Waals surface area contributed by atoms with Crippen molar-refractivity contribution in [2.75, 3.05) is 10.8 Å². The predicted octanol–water partition coefficient (Wildman–Crippen LogP) is 6.67. The Labute approximate surface area is 207 Å². The second-order valence-corrected chi connectivity index (χ2v) is 10.1. The number of para-hydroxylation sites is 2. The minimum atomic E-state index is -3.94. The van der Waals surface area contributed by atoms with Crippen LogP contribution in [0.15, 0.2) is 100 Å². The van der Waals surface area contributed by atoms with Crippen LogP contribution in [0.25, 0.3) is 21.9 Å². The molecular formula is C27H20ClNO5S. The molecule has 0 saturated heterocycles. The van der Waals surface area contributed by atoms with Crippen LogP contribution in [0.3, 0.4) is 0 Å². The maximum atomic E-state index is 13.4.